The fourth-order valence-corrected chi connectivity index (χ4v) is 4.61. The van der Waals surface area contributed by atoms with E-state index in [1.165, 1.54) is 4.90 Å². The van der Waals surface area contributed by atoms with Gasteiger partial charge in [-0.3, -0.25) is 13.9 Å². The second-order valence-electron chi connectivity index (χ2n) is 8.71. The average molecular weight is 553 g/mol. The number of hydrogen-bond acceptors (Lipinski definition) is 4. The van der Waals surface area contributed by atoms with Gasteiger partial charge in [-0.1, -0.05) is 67.0 Å². The first-order valence-corrected chi connectivity index (χ1v) is 13.9. The normalized spacial score (nSPS) is 12.3. The van der Waals surface area contributed by atoms with Crippen molar-refractivity contribution in [3.8, 4) is 0 Å². The van der Waals surface area contributed by atoms with E-state index in [0.717, 1.165) is 26.2 Å². The predicted molar refractivity (Wildman–Crippen MR) is 140 cm³/mol. The minimum absolute atomic E-state index is 0.176. The van der Waals surface area contributed by atoms with E-state index in [-0.39, 0.29) is 18.4 Å². The lowest BCUT2D eigenvalue weighted by molar-refractivity contribution is -0.139. The Hall–Kier alpha value is -2.39. The quantitative estimate of drug-likeness (QED) is 0.457. The number of nitrogens with one attached hydrogen (secondary N) is 1. The van der Waals surface area contributed by atoms with Crippen LogP contribution in [-0.2, 0) is 32.6 Å². The molecule has 1 atom stereocenters. The van der Waals surface area contributed by atoms with Gasteiger partial charge in [-0.2, -0.15) is 0 Å². The molecule has 186 valence electrons. The Bertz CT molecular complexity index is 1090. The van der Waals surface area contributed by atoms with E-state index in [1.54, 1.807) is 19.1 Å². The van der Waals surface area contributed by atoms with Gasteiger partial charge in [-0.05, 0) is 48.6 Å². The molecule has 1 N–H and O–H groups in total. The first-order valence-electron chi connectivity index (χ1n) is 11.3. The summed E-state index contributed by atoms with van der Waals surface area (Å²) < 4.78 is 27.4. The lowest BCUT2D eigenvalue weighted by atomic mass is 10.1. The number of carbonyl (C=O) groups is 2. The molecule has 0 saturated carbocycles. The van der Waals surface area contributed by atoms with E-state index in [9.17, 15) is 18.0 Å². The van der Waals surface area contributed by atoms with Gasteiger partial charge < -0.3 is 10.2 Å². The first-order chi connectivity index (χ1) is 15.9. The molecule has 0 aliphatic heterocycles. The van der Waals surface area contributed by atoms with Gasteiger partial charge in [0.1, 0.15) is 12.6 Å². The molecule has 0 aliphatic rings. The number of para-hydroxylation sites is 1. The highest BCUT2D eigenvalue weighted by molar-refractivity contribution is 9.10. The van der Waals surface area contributed by atoms with Gasteiger partial charge in [-0.15, -0.1) is 0 Å². The van der Waals surface area contributed by atoms with Gasteiger partial charge in [0.25, 0.3) is 0 Å². The molecule has 0 aromatic heterocycles. The van der Waals surface area contributed by atoms with Crippen LogP contribution < -0.4 is 9.62 Å². The first kappa shape index (κ1) is 27.9. The fourth-order valence-electron chi connectivity index (χ4n) is 3.47. The zero-order valence-electron chi connectivity index (χ0n) is 20.4. The number of amides is 2. The monoisotopic (exact) mass is 551 g/mol. The topological polar surface area (TPSA) is 86.8 Å². The van der Waals surface area contributed by atoms with Crippen molar-refractivity contribution >= 4 is 43.5 Å². The van der Waals surface area contributed by atoms with Crippen molar-refractivity contribution in [2.75, 3.05) is 23.7 Å². The van der Waals surface area contributed by atoms with Gasteiger partial charge >= 0.3 is 0 Å². The number of sulfonamides is 1. The highest BCUT2D eigenvalue weighted by atomic mass is 79.9. The Kier molecular flexibility index (Phi) is 10.1. The molecule has 0 aliphatic carbocycles. The van der Waals surface area contributed by atoms with E-state index in [1.807, 2.05) is 57.2 Å². The highest BCUT2D eigenvalue weighted by Gasteiger charge is 2.30. The average Bonchev–Trinajstić information content (AvgIpc) is 2.79. The molecule has 0 saturated heterocycles. The van der Waals surface area contributed by atoms with Crippen LogP contribution in [0.15, 0.2) is 53.0 Å². The van der Waals surface area contributed by atoms with Gasteiger partial charge in [-0.25, -0.2) is 8.42 Å². The Labute approximate surface area is 211 Å². The molecule has 34 heavy (non-hydrogen) atoms. The van der Waals surface area contributed by atoms with Crippen LogP contribution in [0.2, 0.25) is 0 Å². The van der Waals surface area contributed by atoms with Crippen LogP contribution in [0.25, 0.3) is 0 Å². The van der Waals surface area contributed by atoms with E-state index in [2.05, 4.69) is 21.2 Å². The van der Waals surface area contributed by atoms with Crippen molar-refractivity contribution in [3.63, 3.8) is 0 Å². The van der Waals surface area contributed by atoms with Crippen LogP contribution in [0, 0.1) is 5.92 Å². The van der Waals surface area contributed by atoms with E-state index in [4.69, 9.17) is 0 Å². The maximum Gasteiger partial charge on any atom is 0.244 e. The van der Waals surface area contributed by atoms with E-state index >= 15 is 0 Å². The van der Waals surface area contributed by atoms with Crippen molar-refractivity contribution < 1.29 is 18.0 Å². The smallest absolute Gasteiger partial charge is 0.244 e. The Morgan fingerprint density at radius 1 is 1.03 bits per heavy atom. The summed E-state index contributed by atoms with van der Waals surface area (Å²) in [5.74, 6) is -0.469. The minimum atomic E-state index is -3.75. The molecule has 0 spiro atoms. The van der Waals surface area contributed by atoms with Crippen molar-refractivity contribution in [3.05, 3.63) is 64.1 Å². The number of benzene rings is 2. The van der Waals surface area contributed by atoms with Gasteiger partial charge in [0.15, 0.2) is 0 Å². The molecule has 2 amide bonds. The van der Waals surface area contributed by atoms with Crippen LogP contribution >= 0.6 is 15.9 Å². The molecule has 9 heteroatoms. The van der Waals surface area contributed by atoms with Crippen LogP contribution in [0.1, 0.15) is 38.8 Å². The summed E-state index contributed by atoms with van der Waals surface area (Å²) in [6.45, 7) is 7.85. The molecule has 0 radical (unpaired) electrons. The number of nitrogens with zero attached hydrogens (tertiary/aromatic N) is 2. The maximum absolute atomic E-state index is 13.6. The largest absolute Gasteiger partial charge is 0.354 e. The summed E-state index contributed by atoms with van der Waals surface area (Å²) in [6.07, 6.45) is 1.71. The summed E-state index contributed by atoms with van der Waals surface area (Å²) in [5, 5.41) is 2.87. The molecule has 2 aromatic carbocycles. The molecule has 2 aromatic rings. The van der Waals surface area contributed by atoms with E-state index < -0.39 is 28.5 Å². The number of aryl methyl sites for hydroxylation is 1. The molecule has 0 heterocycles. The maximum atomic E-state index is 13.6. The number of anilines is 1. The fraction of sp³-hybridized carbons (Fsp3) is 0.440. The summed E-state index contributed by atoms with van der Waals surface area (Å²) >= 11 is 3.40. The second kappa shape index (κ2) is 12.4. The van der Waals surface area contributed by atoms with Gasteiger partial charge in [0.05, 0.1) is 11.9 Å². The van der Waals surface area contributed by atoms with Crippen molar-refractivity contribution in [2.24, 2.45) is 5.92 Å². The van der Waals surface area contributed by atoms with Gasteiger partial charge in [0.2, 0.25) is 21.8 Å². The molecule has 0 fully saturated rings. The van der Waals surface area contributed by atoms with Crippen molar-refractivity contribution in [2.45, 2.75) is 46.7 Å². The summed E-state index contributed by atoms with van der Waals surface area (Å²) in [4.78, 5) is 27.8. The molecular weight excluding hydrogens is 518 g/mol. The van der Waals surface area contributed by atoms with E-state index in [0.29, 0.717) is 18.7 Å². The standard InChI is InChI=1S/C25H34BrN3O4S/c1-6-21-9-7-8-10-23(21)29(34(5,32)33)17-24(30)28(16-20-11-13-22(26)14-12-20)19(4)25(31)27-15-18(2)3/h7-14,18-19H,6,15-17H2,1-5H3,(H,27,31)/t19-/m0/s1. The van der Waals surface area contributed by atoms with Gasteiger partial charge in [0, 0.05) is 17.6 Å². The number of halogens is 1. The molecular formula is C25H34BrN3O4S. The number of hydrogen-bond donors (Lipinski definition) is 1. The van der Waals surface area contributed by atoms with Crippen molar-refractivity contribution in [1.82, 2.24) is 10.2 Å². The Balaban J connectivity index is 2.39. The number of rotatable bonds is 11. The zero-order chi connectivity index (χ0) is 25.5. The lowest BCUT2D eigenvalue weighted by Crippen LogP contribution is -2.51. The predicted octanol–water partition coefficient (Wildman–Crippen LogP) is 3.97. The summed E-state index contributed by atoms with van der Waals surface area (Å²) in [6, 6.07) is 13.8. The summed E-state index contributed by atoms with van der Waals surface area (Å²) in [5.41, 5.74) is 2.13. The minimum Gasteiger partial charge on any atom is -0.354 e. The molecule has 7 nitrogen and oxygen atoms in total. The molecule has 0 bridgehead atoms. The Morgan fingerprint density at radius 3 is 2.21 bits per heavy atom. The third-order valence-electron chi connectivity index (χ3n) is 5.44. The van der Waals surface area contributed by atoms with Crippen LogP contribution in [0.4, 0.5) is 5.69 Å². The highest BCUT2D eigenvalue weighted by Crippen LogP contribution is 2.24. The molecule has 2 rings (SSSR count). The Morgan fingerprint density at radius 2 is 1.65 bits per heavy atom. The lowest BCUT2D eigenvalue weighted by Gasteiger charge is -2.32. The van der Waals surface area contributed by atoms with Crippen LogP contribution in [0.3, 0.4) is 0 Å². The summed E-state index contributed by atoms with van der Waals surface area (Å²) in [7, 11) is -3.75. The molecule has 0 unspecified atom stereocenters. The third-order valence-corrected chi connectivity index (χ3v) is 7.09. The van der Waals surface area contributed by atoms with Crippen LogP contribution in [0.5, 0.6) is 0 Å². The number of carbonyl (C=O) groups excluding carboxylic acids is 2. The van der Waals surface area contributed by atoms with Crippen molar-refractivity contribution in [1.29, 1.82) is 0 Å². The zero-order valence-corrected chi connectivity index (χ0v) is 22.8. The SMILES string of the molecule is CCc1ccccc1N(CC(=O)N(Cc1ccc(Br)cc1)[C@@H](C)C(=O)NCC(C)C)S(C)(=O)=O. The third kappa shape index (κ3) is 7.84. The van der Waals surface area contributed by atoms with Crippen LogP contribution in [-0.4, -0.2) is 50.5 Å². The second-order valence-corrected chi connectivity index (χ2v) is 11.5.